The number of ketones is 1. The van der Waals surface area contributed by atoms with E-state index in [2.05, 4.69) is 4.98 Å². The van der Waals surface area contributed by atoms with Gasteiger partial charge in [-0.25, -0.2) is 0 Å². The van der Waals surface area contributed by atoms with Crippen molar-refractivity contribution in [2.24, 2.45) is 5.73 Å². The van der Waals surface area contributed by atoms with Crippen molar-refractivity contribution in [1.29, 1.82) is 0 Å². The van der Waals surface area contributed by atoms with Crippen LogP contribution in [0.25, 0.3) is 0 Å². The summed E-state index contributed by atoms with van der Waals surface area (Å²) >= 11 is 1.54. The minimum absolute atomic E-state index is 0.207. The summed E-state index contributed by atoms with van der Waals surface area (Å²) < 4.78 is 0. The number of hydrogen-bond acceptors (Lipinski definition) is 4. The maximum Gasteiger partial charge on any atom is 0.139 e. The standard InChI is InChI=1S/C11H16N2OS/c12-11(3-1-2-4-11)6-9(14)5-10-7-13-8-15-10/h7-8H,1-6,12H2. The second-order valence-electron chi connectivity index (χ2n) is 4.43. The van der Waals surface area contributed by atoms with Crippen molar-refractivity contribution in [2.75, 3.05) is 0 Å². The van der Waals surface area contributed by atoms with Crippen LogP contribution in [0.3, 0.4) is 0 Å². The van der Waals surface area contributed by atoms with Crippen molar-refractivity contribution in [3.8, 4) is 0 Å². The third kappa shape index (κ3) is 2.86. The zero-order valence-corrected chi connectivity index (χ0v) is 9.55. The molecule has 0 aromatic carbocycles. The van der Waals surface area contributed by atoms with Gasteiger partial charge < -0.3 is 5.73 Å². The van der Waals surface area contributed by atoms with Crippen LogP contribution in [0.15, 0.2) is 11.7 Å². The summed E-state index contributed by atoms with van der Waals surface area (Å²) in [5.74, 6) is 0.253. The van der Waals surface area contributed by atoms with E-state index in [0.29, 0.717) is 12.8 Å². The number of hydrogen-bond donors (Lipinski definition) is 1. The van der Waals surface area contributed by atoms with E-state index in [1.807, 2.05) is 0 Å². The molecular weight excluding hydrogens is 208 g/mol. The third-order valence-corrected chi connectivity index (χ3v) is 3.78. The van der Waals surface area contributed by atoms with Crippen LogP contribution in [0.4, 0.5) is 0 Å². The highest BCUT2D eigenvalue weighted by Gasteiger charge is 2.31. The van der Waals surface area contributed by atoms with E-state index in [0.717, 1.165) is 17.7 Å². The smallest absolute Gasteiger partial charge is 0.139 e. The number of carbonyl (C=O) groups excluding carboxylic acids is 1. The first-order valence-electron chi connectivity index (χ1n) is 5.36. The highest BCUT2D eigenvalue weighted by Crippen LogP contribution is 2.30. The number of aromatic nitrogens is 1. The molecule has 1 aliphatic carbocycles. The Labute approximate surface area is 93.7 Å². The van der Waals surface area contributed by atoms with E-state index in [9.17, 15) is 4.79 Å². The molecule has 0 bridgehead atoms. The van der Waals surface area contributed by atoms with Gasteiger partial charge in [0.25, 0.3) is 0 Å². The number of carbonyl (C=O) groups is 1. The summed E-state index contributed by atoms with van der Waals surface area (Å²) in [6.45, 7) is 0. The number of Topliss-reactive ketones (excluding diaryl/α,β-unsaturated/α-hetero) is 1. The minimum atomic E-state index is -0.207. The predicted octanol–water partition coefficient (Wildman–Crippen LogP) is 1.92. The van der Waals surface area contributed by atoms with E-state index < -0.39 is 0 Å². The van der Waals surface area contributed by atoms with Crippen molar-refractivity contribution < 1.29 is 4.79 Å². The Morgan fingerprint density at radius 1 is 1.53 bits per heavy atom. The van der Waals surface area contributed by atoms with Gasteiger partial charge in [0.15, 0.2) is 0 Å². The summed E-state index contributed by atoms with van der Waals surface area (Å²) in [6, 6.07) is 0. The molecule has 15 heavy (non-hydrogen) atoms. The molecule has 3 nitrogen and oxygen atoms in total. The molecule has 4 heteroatoms. The molecule has 0 aliphatic heterocycles. The Morgan fingerprint density at radius 3 is 2.87 bits per heavy atom. The van der Waals surface area contributed by atoms with Gasteiger partial charge in [0.2, 0.25) is 0 Å². The van der Waals surface area contributed by atoms with Crippen LogP contribution < -0.4 is 5.73 Å². The van der Waals surface area contributed by atoms with E-state index in [1.165, 1.54) is 24.2 Å². The number of nitrogens with two attached hydrogens (primary N) is 1. The normalized spacial score (nSPS) is 19.3. The molecule has 0 radical (unpaired) electrons. The van der Waals surface area contributed by atoms with E-state index in [4.69, 9.17) is 5.73 Å². The summed E-state index contributed by atoms with van der Waals surface area (Å²) in [5.41, 5.74) is 7.71. The van der Waals surface area contributed by atoms with Gasteiger partial charge in [0.05, 0.1) is 5.51 Å². The maximum atomic E-state index is 11.8. The fourth-order valence-corrected chi connectivity index (χ4v) is 2.86. The lowest BCUT2D eigenvalue weighted by Gasteiger charge is -2.22. The SMILES string of the molecule is NC1(CC(=O)Cc2cncs2)CCCC1. The molecule has 1 aliphatic rings. The molecule has 2 N–H and O–H groups in total. The minimum Gasteiger partial charge on any atom is -0.325 e. The number of rotatable bonds is 4. The van der Waals surface area contributed by atoms with Crippen molar-refractivity contribution >= 4 is 17.1 Å². The van der Waals surface area contributed by atoms with Crippen LogP contribution in [0.2, 0.25) is 0 Å². The molecule has 0 atom stereocenters. The van der Waals surface area contributed by atoms with Crippen LogP contribution in [-0.2, 0) is 11.2 Å². The first-order valence-corrected chi connectivity index (χ1v) is 6.24. The quantitative estimate of drug-likeness (QED) is 0.850. The monoisotopic (exact) mass is 224 g/mol. The largest absolute Gasteiger partial charge is 0.325 e. The Balaban J connectivity index is 1.87. The molecule has 1 fully saturated rings. The molecular formula is C11H16N2OS. The van der Waals surface area contributed by atoms with Crippen LogP contribution in [-0.4, -0.2) is 16.3 Å². The Kier molecular flexibility index (Phi) is 3.17. The van der Waals surface area contributed by atoms with Crippen LogP contribution in [0, 0.1) is 0 Å². The van der Waals surface area contributed by atoms with Crippen LogP contribution >= 0.6 is 11.3 Å². The van der Waals surface area contributed by atoms with Gasteiger partial charge in [-0.3, -0.25) is 9.78 Å². The molecule has 1 aromatic rings. The van der Waals surface area contributed by atoms with Crippen molar-refractivity contribution in [3.05, 3.63) is 16.6 Å². The predicted molar refractivity (Wildman–Crippen MR) is 60.8 cm³/mol. The lowest BCUT2D eigenvalue weighted by molar-refractivity contribution is -0.119. The molecule has 0 saturated heterocycles. The van der Waals surface area contributed by atoms with Gasteiger partial charge in [-0.15, -0.1) is 11.3 Å². The third-order valence-electron chi connectivity index (χ3n) is 3.00. The lowest BCUT2D eigenvalue weighted by Crippen LogP contribution is -2.39. The van der Waals surface area contributed by atoms with Crippen LogP contribution in [0.1, 0.15) is 37.0 Å². The summed E-state index contributed by atoms with van der Waals surface area (Å²) in [7, 11) is 0. The fraction of sp³-hybridized carbons (Fsp3) is 0.636. The second kappa shape index (κ2) is 4.41. The second-order valence-corrected chi connectivity index (χ2v) is 5.40. The van der Waals surface area contributed by atoms with Crippen molar-refractivity contribution in [2.45, 2.75) is 44.1 Å². The average molecular weight is 224 g/mol. The number of nitrogens with zero attached hydrogens (tertiary/aromatic N) is 1. The van der Waals surface area contributed by atoms with Gasteiger partial charge in [-0.1, -0.05) is 12.8 Å². The fourth-order valence-electron chi connectivity index (χ4n) is 2.23. The zero-order valence-electron chi connectivity index (χ0n) is 8.74. The van der Waals surface area contributed by atoms with E-state index >= 15 is 0 Å². The van der Waals surface area contributed by atoms with Gasteiger partial charge in [0.1, 0.15) is 5.78 Å². The summed E-state index contributed by atoms with van der Waals surface area (Å²) in [4.78, 5) is 16.8. The first-order chi connectivity index (χ1) is 7.18. The van der Waals surface area contributed by atoms with Gasteiger partial charge in [-0.2, -0.15) is 0 Å². The van der Waals surface area contributed by atoms with Crippen LogP contribution in [0.5, 0.6) is 0 Å². The van der Waals surface area contributed by atoms with E-state index in [-0.39, 0.29) is 11.3 Å². The highest BCUT2D eigenvalue weighted by molar-refractivity contribution is 7.09. The molecule has 1 aromatic heterocycles. The zero-order chi connectivity index (χ0) is 10.7. The average Bonchev–Trinajstić information content (AvgIpc) is 2.76. The molecule has 0 amide bonds. The topological polar surface area (TPSA) is 56.0 Å². The van der Waals surface area contributed by atoms with Gasteiger partial charge in [0, 0.05) is 29.5 Å². The molecule has 0 unspecified atom stereocenters. The van der Waals surface area contributed by atoms with E-state index in [1.54, 1.807) is 11.7 Å². The van der Waals surface area contributed by atoms with Crippen molar-refractivity contribution in [1.82, 2.24) is 4.98 Å². The lowest BCUT2D eigenvalue weighted by atomic mass is 9.91. The van der Waals surface area contributed by atoms with Gasteiger partial charge in [-0.05, 0) is 12.8 Å². The molecule has 1 heterocycles. The highest BCUT2D eigenvalue weighted by atomic mass is 32.1. The Morgan fingerprint density at radius 2 is 2.27 bits per heavy atom. The molecule has 0 spiro atoms. The molecule has 2 rings (SSSR count). The summed E-state index contributed by atoms with van der Waals surface area (Å²) in [6.07, 6.45) is 7.15. The molecule has 82 valence electrons. The molecule has 1 saturated carbocycles. The number of thiazole rings is 1. The van der Waals surface area contributed by atoms with Gasteiger partial charge >= 0.3 is 0 Å². The summed E-state index contributed by atoms with van der Waals surface area (Å²) in [5, 5.41) is 0. The maximum absolute atomic E-state index is 11.8. The Hall–Kier alpha value is -0.740. The Bertz CT molecular complexity index is 328. The first kappa shape index (κ1) is 10.8. The van der Waals surface area contributed by atoms with Crippen molar-refractivity contribution in [3.63, 3.8) is 0 Å².